The van der Waals surface area contributed by atoms with Crippen molar-refractivity contribution in [3.63, 3.8) is 0 Å². The molecule has 1 fully saturated rings. The van der Waals surface area contributed by atoms with E-state index in [2.05, 4.69) is 9.99 Å². The van der Waals surface area contributed by atoms with Crippen molar-refractivity contribution < 1.29 is 14.4 Å². The van der Waals surface area contributed by atoms with Crippen LogP contribution in [0, 0.1) is 0 Å². The van der Waals surface area contributed by atoms with E-state index in [1.54, 1.807) is 18.9 Å². The van der Waals surface area contributed by atoms with Gasteiger partial charge < -0.3 is 14.5 Å². The van der Waals surface area contributed by atoms with Gasteiger partial charge in [-0.1, -0.05) is 24.4 Å². The highest BCUT2D eigenvalue weighted by Crippen LogP contribution is 2.22. The van der Waals surface area contributed by atoms with E-state index in [0.717, 1.165) is 25.7 Å². The molecule has 1 atom stereocenters. The van der Waals surface area contributed by atoms with Gasteiger partial charge in [0.25, 0.3) is 5.90 Å². The molecule has 1 aliphatic carbocycles. The number of ether oxygens (including phenoxy) is 1. The molecule has 0 heterocycles. The second-order valence-electron chi connectivity index (χ2n) is 4.50. The SMILES string of the molecule is CO/N=C(/OC(=O)N(C)C1CCCCC1)C(C)Cl. The Bertz CT molecular complexity index is 302. The molecule has 5 nitrogen and oxygen atoms in total. The molecule has 6 heteroatoms. The highest BCUT2D eigenvalue weighted by atomic mass is 35.5. The van der Waals surface area contributed by atoms with Gasteiger partial charge >= 0.3 is 6.09 Å². The number of oxime groups is 1. The van der Waals surface area contributed by atoms with E-state index in [1.165, 1.54) is 13.5 Å². The van der Waals surface area contributed by atoms with Gasteiger partial charge in [0, 0.05) is 13.1 Å². The summed E-state index contributed by atoms with van der Waals surface area (Å²) >= 11 is 5.85. The van der Waals surface area contributed by atoms with Crippen LogP contribution in [-0.2, 0) is 9.57 Å². The first-order valence-electron chi connectivity index (χ1n) is 6.26. The lowest BCUT2D eigenvalue weighted by atomic mass is 9.95. The maximum atomic E-state index is 11.9. The topological polar surface area (TPSA) is 51.1 Å². The second kappa shape index (κ2) is 7.46. The van der Waals surface area contributed by atoms with Crippen molar-refractivity contribution >= 4 is 23.6 Å². The summed E-state index contributed by atoms with van der Waals surface area (Å²) in [5.41, 5.74) is 0. The van der Waals surface area contributed by atoms with E-state index in [1.807, 2.05) is 0 Å². The minimum Gasteiger partial charge on any atom is -0.396 e. The highest BCUT2D eigenvalue weighted by molar-refractivity contribution is 6.31. The Balaban J connectivity index is 2.54. The van der Waals surface area contributed by atoms with Gasteiger partial charge in [-0.15, -0.1) is 11.6 Å². The van der Waals surface area contributed by atoms with E-state index in [-0.39, 0.29) is 11.9 Å². The first kappa shape index (κ1) is 15.1. The number of alkyl halides is 1. The van der Waals surface area contributed by atoms with Crippen LogP contribution in [0.2, 0.25) is 0 Å². The third-order valence-corrected chi connectivity index (χ3v) is 3.31. The Morgan fingerprint density at radius 3 is 2.50 bits per heavy atom. The zero-order valence-electron chi connectivity index (χ0n) is 11.2. The minimum atomic E-state index is -0.506. The molecule has 0 radical (unpaired) electrons. The molecule has 0 aromatic heterocycles. The van der Waals surface area contributed by atoms with E-state index < -0.39 is 11.5 Å². The Hall–Kier alpha value is -0.970. The quantitative estimate of drug-likeness (QED) is 0.345. The van der Waals surface area contributed by atoms with Crippen LogP contribution in [0.15, 0.2) is 5.16 Å². The van der Waals surface area contributed by atoms with Crippen molar-refractivity contribution in [3.8, 4) is 0 Å². The van der Waals surface area contributed by atoms with Gasteiger partial charge in [-0.2, -0.15) is 0 Å². The molecular formula is C12H21ClN2O3. The fraction of sp³-hybridized carbons (Fsp3) is 0.833. The van der Waals surface area contributed by atoms with E-state index in [9.17, 15) is 4.79 Å². The van der Waals surface area contributed by atoms with Crippen LogP contribution < -0.4 is 0 Å². The van der Waals surface area contributed by atoms with Crippen molar-refractivity contribution in [2.75, 3.05) is 14.2 Å². The zero-order valence-corrected chi connectivity index (χ0v) is 11.9. The summed E-state index contributed by atoms with van der Waals surface area (Å²) in [6.45, 7) is 1.67. The fourth-order valence-electron chi connectivity index (χ4n) is 2.04. The average molecular weight is 277 g/mol. The van der Waals surface area contributed by atoms with Gasteiger partial charge in [0.1, 0.15) is 12.5 Å². The maximum Gasteiger partial charge on any atom is 0.416 e. The van der Waals surface area contributed by atoms with Crippen LogP contribution >= 0.6 is 11.6 Å². The number of hydrogen-bond acceptors (Lipinski definition) is 4. The standard InChI is InChI=1S/C12H21ClN2O3/c1-9(13)11(14-17-3)18-12(16)15(2)10-7-5-4-6-8-10/h9-10H,4-8H2,1-3H3/b14-11+. The predicted molar refractivity (Wildman–Crippen MR) is 70.9 cm³/mol. The summed E-state index contributed by atoms with van der Waals surface area (Å²) in [5, 5.41) is 3.10. The largest absolute Gasteiger partial charge is 0.416 e. The van der Waals surface area contributed by atoms with Gasteiger partial charge in [-0.05, 0) is 19.8 Å². The number of carbonyl (C=O) groups excluding carboxylic acids is 1. The first-order valence-corrected chi connectivity index (χ1v) is 6.69. The Morgan fingerprint density at radius 2 is 2.00 bits per heavy atom. The average Bonchev–Trinajstić information content (AvgIpc) is 2.38. The Morgan fingerprint density at radius 1 is 1.39 bits per heavy atom. The van der Waals surface area contributed by atoms with Crippen LogP contribution in [0.5, 0.6) is 0 Å². The summed E-state index contributed by atoms with van der Waals surface area (Å²) < 4.78 is 5.15. The molecular weight excluding hydrogens is 256 g/mol. The molecule has 18 heavy (non-hydrogen) atoms. The summed E-state index contributed by atoms with van der Waals surface area (Å²) in [7, 11) is 3.14. The highest BCUT2D eigenvalue weighted by Gasteiger charge is 2.25. The van der Waals surface area contributed by atoms with E-state index in [0.29, 0.717) is 0 Å². The molecule has 1 amide bonds. The van der Waals surface area contributed by atoms with Gasteiger partial charge in [0.05, 0.1) is 0 Å². The molecule has 1 aliphatic rings. The lowest BCUT2D eigenvalue weighted by Crippen LogP contribution is -2.40. The zero-order chi connectivity index (χ0) is 13.5. The summed E-state index contributed by atoms with van der Waals surface area (Å²) in [6, 6.07) is 0.251. The lowest BCUT2D eigenvalue weighted by Gasteiger charge is -2.30. The lowest BCUT2D eigenvalue weighted by molar-refractivity contribution is 0.123. The van der Waals surface area contributed by atoms with Crippen LogP contribution in [0.3, 0.4) is 0 Å². The van der Waals surface area contributed by atoms with Gasteiger partial charge in [0.2, 0.25) is 0 Å². The molecule has 0 bridgehead atoms. The smallest absolute Gasteiger partial charge is 0.396 e. The summed E-state index contributed by atoms with van der Waals surface area (Å²) in [4.78, 5) is 18.2. The molecule has 104 valence electrons. The Kier molecular flexibility index (Phi) is 6.25. The predicted octanol–water partition coefficient (Wildman–Crippen LogP) is 2.97. The van der Waals surface area contributed by atoms with Crippen molar-refractivity contribution in [2.45, 2.75) is 50.4 Å². The summed E-state index contributed by atoms with van der Waals surface area (Å²) in [6.07, 6.45) is 5.19. The third kappa shape index (κ3) is 4.37. The van der Waals surface area contributed by atoms with Gasteiger partial charge in [0.15, 0.2) is 0 Å². The minimum absolute atomic E-state index is 0.0897. The van der Waals surface area contributed by atoms with Crippen LogP contribution in [0.1, 0.15) is 39.0 Å². The molecule has 0 aliphatic heterocycles. The van der Waals surface area contributed by atoms with E-state index in [4.69, 9.17) is 16.3 Å². The molecule has 0 spiro atoms. The number of carbonyl (C=O) groups is 1. The molecule has 0 aromatic rings. The molecule has 0 aromatic carbocycles. The normalized spacial score (nSPS) is 19.2. The molecule has 0 saturated heterocycles. The van der Waals surface area contributed by atoms with E-state index >= 15 is 0 Å². The van der Waals surface area contributed by atoms with Gasteiger partial charge in [-0.3, -0.25) is 0 Å². The van der Waals surface area contributed by atoms with Crippen molar-refractivity contribution in [1.82, 2.24) is 4.90 Å². The number of nitrogens with zero attached hydrogens (tertiary/aromatic N) is 2. The van der Waals surface area contributed by atoms with Crippen LogP contribution in [-0.4, -0.2) is 42.5 Å². The number of amides is 1. The number of halogens is 1. The molecule has 1 saturated carbocycles. The fourth-order valence-corrected chi connectivity index (χ4v) is 2.13. The third-order valence-electron chi connectivity index (χ3n) is 3.12. The molecule has 0 N–H and O–H groups in total. The first-order chi connectivity index (χ1) is 8.56. The number of rotatable bonds is 3. The summed E-state index contributed by atoms with van der Waals surface area (Å²) in [5.74, 6) is 0.0897. The molecule has 1 rings (SSSR count). The van der Waals surface area contributed by atoms with Crippen molar-refractivity contribution in [1.29, 1.82) is 0 Å². The molecule has 1 unspecified atom stereocenters. The van der Waals surface area contributed by atoms with Crippen molar-refractivity contribution in [3.05, 3.63) is 0 Å². The monoisotopic (exact) mass is 276 g/mol. The second-order valence-corrected chi connectivity index (χ2v) is 5.15. The van der Waals surface area contributed by atoms with Crippen LogP contribution in [0.4, 0.5) is 4.79 Å². The van der Waals surface area contributed by atoms with Crippen LogP contribution in [0.25, 0.3) is 0 Å². The van der Waals surface area contributed by atoms with Crippen molar-refractivity contribution in [2.24, 2.45) is 5.16 Å². The Labute approximate surface area is 113 Å². The maximum absolute atomic E-state index is 11.9. The number of hydrogen-bond donors (Lipinski definition) is 0. The van der Waals surface area contributed by atoms with Gasteiger partial charge in [-0.25, -0.2) is 4.79 Å².